The van der Waals surface area contributed by atoms with Crippen molar-refractivity contribution < 1.29 is 23.9 Å². The predicted octanol–water partition coefficient (Wildman–Crippen LogP) is 1.85. The van der Waals surface area contributed by atoms with Crippen LogP contribution in [0.3, 0.4) is 0 Å². The average Bonchev–Trinajstić information content (AvgIpc) is 2.47. The highest BCUT2D eigenvalue weighted by molar-refractivity contribution is 5.95. The Labute approximate surface area is 141 Å². The van der Waals surface area contributed by atoms with Crippen LogP contribution in [-0.2, 0) is 14.3 Å². The molecule has 0 spiro atoms. The number of imide groups is 1. The van der Waals surface area contributed by atoms with Crippen LogP contribution in [0.4, 0.5) is 4.79 Å². The number of benzene rings is 1. The SMILES string of the molecule is Cc1ccc(C)c(OCCC(=O)OCC(=O)NC(=O)NC(C)C)c1. The van der Waals surface area contributed by atoms with E-state index in [4.69, 9.17) is 9.47 Å². The maximum atomic E-state index is 11.6. The van der Waals surface area contributed by atoms with Gasteiger partial charge in [-0.05, 0) is 44.9 Å². The van der Waals surface area contributed by atoms with E-state index in [-0.39, 0.29) is 19.1 Å². The van der Waals surface area contributed by atoms with Crippen molar-refractivity contribution in [2.45, 2.75) is 40.2 Å². The lowest BCUT2D eigenvalue weighted by atomic mass is 10.1. The first kappa shape index (κ1) is 19.5. The number of esters is 1. The van der Waals surface area contributed by atoms with Gasteiger partial charge in [0.25, 0.3) is 5.91 Å². The molecular formula is C17H24N2O5. The summed E-state index contributed by atoms with van der Waals surface area (Å²) in [6.45, 7) is 7.04. The van der Waals surface area contributed by atoms with Gasteiger partial charge in [-0.15, -0.1) is 0 Å². The highest BCUT2D eigenvalue weighted by Gasteiger charge is 2.11. The molecule has 1 aromatic carbocycles. The van der Waals surface area contributed by atoms with Gasteiger partial charge in [-0.1, -0.05) is 12.1 Å². The molecule has 0 aliphatic rings. The molecule has 7 heteroatoms. The van der Waals surface area contributed by atoms with Crippen molar-refractivity contribution in [3.8, 4) is 5.75 Å². The third kappa shape index (κ3) is 7.62. The van der Waals surface area contributed by atoms with E-state index in [0.29, 0.717) is 5.75 Å². The van der Waals surface area contributed by atoms with Crippen molar-refractivity contribution in [1.82, 2.24) is 10.6 Å². The molecule has 0 radical (unpaired) electrons. The van der Waals surface area contributed by atoms with E-state index in [2.05, 4.69) is 10.6 Å². The van der Waals surface area contributed by atoms with E-state index in [1.54, 1.807) is 13.8 Å². The minimum absolute atomic E-state index is 0.0128. The van der Waals surface area contributed by atoms with Crippen LogP contribution in [0.2, 0.25) is 0 Å². The zero-order valence-electron chi connectivity index (χ0n) is 14.5. The van der Waals surface area contributed by atoms with Gasteiger partial charge in [-0.25, -0.2) is 4.79 Å². The van der Waals surface area contributed by atoms with Crippen molar-refractivity contribution in [3.05, 3.63) is 29.3 Å². The van der Waals surface area contributed by atoms with Gasteiger partial charge in [0.15, 0.2) is 6.61 Å². The Balaban J connectivity index is 2.25. The van der Waals surface area contributed by atoms with Crippen LogP contribution < -0.4 is 15.4 Å². The third-order valence-corrected chi connectivity index (χ3v) is 2.94. The Morgan fingerprint density at radius 2 is 1.88 bits per heavy atom. The van der Waals surface area contributed by atoms with Crippen molar-refractivity contribution in [1.29, 1.82) is 0 Å². The number of carbonyl (C=O) groups is 3. The molecule has 24 heavy (non-hydrogen) atoms. The van der Waals surface area contributed by atoms with Crippen LogP contribution in [0.25, 0.3) is 0 Å². The number of hydrogen-bond donors (Lipinski definition) is 2. The molecule has 2 N–H and O–H groups in total. The molecular weight excluding hydrogens is 312 g/mol. The Morgan fingerprint density at radius 1 is 1.17 bits per heavy atom. The van der Waals surface area contributed by atoms with Crippen LogP contribution in [0.15, 0.2) is 18.2 Å². The van der Waals surface area contributed by atoms with Gasteiger partial charge in [0.05, 0.1) is 13.0 Å². The van der Waals surface area contributed by atoms with Crippen LogP contribution in [0.5, 0.6) is 5.75 Å². The first-order valence-corrected chi connectivity index (χ1v) is 7.74. The van der Waals surface area contributed by atoms with E-state index in [0.717, 1.165) is 11.1 Å². The maximum absolute atomic E-state index is 11.6. The smallest absolute Gasteiger partial charge is 0.321 e. The molecule has 1 aromatic rings. The summed E-state index contributed by atoms with van der Waals surface area (Å²) in [5.74, 6) is -0.539. The second-order valence-electron chi connectivity index (χ2n) is 5.70. The third-order valence-electron chi connectivity index (χ3n) is 2.94. The molecule has 0 aliphatic carbocycles. The van der Waals surface area contributed by atoms with Crippen LogP contribution in [0, 0.1) is 13.8 Å². The second-order valence-corrected chi connectivity index (χ2v) is 5.70. The summed E-state index contributed by atoms with van der Waals surface area (Å²) in [5.41, 5.74) is 2.04. The molecule has 0 saturated heterocycles. The number of ether oxygens (including phenoxy) is 2. The van der Waals surface area contributed by atoms with Crippen LogP contribution in [0.1, 0.15) is 31.4 Å². The summed E-state index contributed by atoms with van der Waals surface area (Å²) in [6.07, 6.45) is 0.0128. The Morgan fingerprint density at radius 3 is 2.54 bits per heavy atom. The predicted molar refractivity (Wildman–Crippen MR) is 88.8 cm³/mol. The van der Waals surface area contributed by atoms with Gasteiger partial charge < -0.3 is 14.8 Å². The molecule has 7 nitrogen and oxygen atoms in total. The molecule has 3 amide bonds. The largest absolute Gasteiger partial charge is 0.493 e. The first-order valence-electron chi connectivity index (χ1n) is 7.74. The fourth-order valence-electron chi connectivity index (χ4n) is 1.79. The van der Waals surface area contributed by atoms with E-state index < -0.39 is 24.5 Å². The lowest BCUT2D eigenvalue weighted by Crippen LogP contribution is -2.44. The van der Waals surface area contributed by atoms with Crippen molar-refractivity contribution >= 4 is 17.9 Å². The monoisotopic (exact) mass is 336 g/mol. The van der Waals surface area contributed by atoms with Crippen molar-refractivity contribution in [3.63, 3.8) is 0 Å². The van der Waals surface area contributed by atoms with E-state index >= 15 is 0 Å². The number of nitrogens with one attached hydrogen (secondary N) is 2. The standard InChI is InChI=1S/C17H24N2O5/c1-11(2)18-17(22)19-15(20)10-24-16(21)7-8-23-14-9-12(3)5-6-13(14)4/h5-6,9,11H,7-8,10H2,1-4H3,(H2,18,19,20,22). The van der Waals surface area contributed by atoms with E-state index in [9.17, 15) is 14.4 Å². The number of carbonyl (C=O) groups excluding carboxylic acids is 3. The molecule has 0 heterocycles. The highest BCUT2D eigenvalue weighted by Crippen LogP contribution is 2.19. The summed E-state index contributed by atoms with van der Waals surface area (Å²) < 4.78 is 10.3. The van der Waals surface area contributed by atoms with Gasteiger partial charge in [0, 0.05) is 6.04 Å². The first-order chi connectivity index (χ1) is 11.3. The quantitative estimate of drug-likeness (QED) is 0.741. The van der Waals surface area contributed by atoms with Gasteiger partial charge in [0.1, 0.15) is 5.75 Å². The summed E-state index contributed by atoms with van der Waals surface area (Å²) in [5, 5.41) is 4.56. The zero-order chi connectivity index (χ0) is 18.1. The Kier molecular flexibility index (Phi) is 7.74. The van der Waals surface area contributed by atoms with E-state index in [1.807, 2.05) is 32.0 Å². The fourth-order valence-corrected chi connectivity index (χ4v) is 1.79. The molecule has 0 aromatic heterocycles. The molecule has 0 saturated carbocycles. The normalized spacial score (nSPS) is 10.2. The van der Waals surface area contributed by atoms with Gasteiger partial charge in [-0.3, -0.25) is 14.9 Å². The minimum atomic E-state index is -0.683. The summed E-state index contributed by atoms with van der Waals surface area (Å²) in [6, 6.07) is 5.09. The van der Waals surface area contributed by atoms with E-state index in [1.165, 1.54) is 0 Å². The summed E-state index contributed by atoms with van der Waals surface area (Å²) in [7, 11) is 0. The van der Waals surface area contributed by atoms with Gasteiger partial charge >= 0.3 is 12.0 Å². The lowest BCUT2D eigenvalue weighted by Gasteiger charge is -2.10. The van der Waals surface area contributed by atoms with Crippen LogP contribution >= 0.6 is 0 Å². The summed E-state index contributed by atoms with van der Waals surface area (Å²) in [4.78, 5) is 34.3. The van der Waals surface area contributed by atoms with Gasteiger partial charge in [0.2, 0.25) is 0 Å². The number of hydrogen-bond acceptors (Lipinski definition) is 5. The molecule has 0 fully saturated rings. The zero-order valence-corrected chi connectivity index (χ0v) is 14.5. The number of amides is 3. The maximum Gasteiger partial charge on any atom is 0.321 e. The van der Waals surface area contributed by atoms with Crippen LogP contribution in [-0.4, -0.2) is 37.2 Å². The summed E-state index contributed by atoms with van der Waals surface area (Å²) >= 11 is 0. The highest BCUT2D eigenvalue weighted by atomic mass is 16.5. The number of urea groups is 1. The topological polar surface area (TPSA) is 93.7 Å². The lowest BCUT2D eigenvalue weighted by molar-refractivity contribution is -0.148. The molecule has 0 aliphatic heterocycles. The van der Waals surface area contributed by atoms with Crippen molar-refractivity contribution in [2.24, 2.45) is 0 Å². The second kappa shape index (κ2) is 9.54. The Bertz CT molecular complexity index is 599. The van der Waals surface area contributed by atoms with Crippen molar-refractivity contribution in [2.75, 3.05) is 13.2 Å². The molecule has 1 rings (SSSR count). The molecule has 0 atom stereocenters. The molecule has 0 unspecified atom stereocenters. The number of rotatable bonds is 7. The van der Waals surface area contributed by atoms with Gasteiger partial charge in [-0.2, -0.15) is 0 Å². The minimum Gasteiger partial charge on any atom is -0.493 e. The molecule has 132 valence electrons. The average molecular weight is 336 g/mol. The molecule has 0 bridgehead atoms. The fraction of sp³-hybridized carbons (Fsp3) is 0.471. The Hall–Kier alpha value is -2.57. The number of aryl methyl sites for hydroxylation is 2.